The van der Waals surface area contributed by atoms with E-state index in [1.54, 1.807) is 6.20 Å². The largest absolute Gasteiger partial charge is 0.357 e. The van der Waals surface area contributed by atoms with Crippen molar-refractivity contribution in [1.82, 2.24) is 25.7 Å². The van der Waals surface area contributed by atoms with Crippen molar-refractivity contribution in [3.63, 3.8) is 0 Å². The van der Waals surface area contributed by atoms with Crippen molar-refractivity contribution in [2.75, 3.05) is 13.1 Å². The van der Waals surface area contributed by atoms with Gasteiger partial charge in [-0.1, -0.05) is 30.3 Å². The maximum absolute atomic E-state index is 4.66. The van der Waals surface area contributed by atoms with E-state index in [4.69, 9.17) is 0 Å². The molecule has 1 aliphatic rings. The molecule has 26 heavy (non-hydrogen) atoms. The second-order valence-corrected chi connectivity index (χ2v) is 6.62. The quantitative estimate of drug-likeness (QED) is 0.347. The zero-order valence-corrected chi connectivity index (χ0v) is 17.8. The minimum atomic E-state index is 0. The van der Waals surface area contributed by atoms with Crippen LogP contribution in [-0.2, 0) is 13.1 Å². The van der Waals surface area contributed by atoms with Crippen LogP contribution in [0.1, 0.15) is 31.5 Å². The van der Waals surface area contributed by atoms with Gasteiger partial charge < -0.3 is 10.6 Å². The molecule has 3 rings (SSSR count). The minimum absolute atomic E-state index is 0. The van der Waals surface area contributed by atoms with Gasteiger partial charge in [-0.05, 0) is 31.9 Å². The zero-order chi connectivity index (χ0) is 17.5. The van der Waals surface area contributed by atoms with Gasteiger partial charge in [-0.25, -0.2) is 4.99 Å². The Morgan fingerprint density at radius 3 is 2.81 bits per heavy atom. The first-order chi connectivity index (χ1) is 12.2. The van der Waals surface area contributed by atoms with Crippen LogP contribution >= 0.6 is 24.0 Å². The molecule has 1 aromatic carbocycles. The second-order valence-electron chi connectivity index (χ2n) is 6.62. The standard InChI is InChI=1S/C19H28N6.HI/c1-3-20-19(21-12-17-9-10-22-24-17)23-18-11-15(2)25(14-18)13-16-7-5-4-6-8-16;/h4-10,15,18H,3,11-14H2,1-2H3,(H,22,24)(H2,20,21,23);1H. The molecule has 0 radical (unpaired) electrons. The van der Waals surface area contributed by atoms with Crippen LogP contribution in [0, 0.1) is 0 Å². The fourth-order valence-corrected chi connectivity index (χ4v) is 3.29. The molecule has 2 atom stereocenters. The lowest BCUT2D eigenvalue weighted by Crippen LogP contribution is -2.44. The maximum atomic E-state index is 4.66. The van der Waals surface area contributed by atoms with E-state index in [-0.39, 0.29) is 24.0 Å². The fraction of sp³-hybridized carbons (Fsp3) is 0.474. The van der Waals surface area contributed by atoms with Crippen molar-refractivity contribution in [3.8, 4) is 0 Å². The van der Waals surface area contributed by atoms with Gasteiger partial charge >= 0.3 is 0 Å². The van der Waals surface area contributed by atoms with Gasteiger partial charge in [0.15, 0.2) is 5.96 Å². The lowest BCUT2D eigenvalue weighted by atomic mass is 10.2. The summed E-state index contributed by atoms with van der Waals surface area (Å²) in [5, 5.41) is 13.8. The van der Waals surface area contributed by atoms with Gasteiger partial charge in [-0.3, -0.25) is 10.00 Å². The molecule has 1 saturated heterocycles. The Hall–Kier alpha value is -1.61. The van der Waals surface area contributed by atoms with Crippen molar-refractivity contribution in [1.29, 1.82) is 0 Å². The second kappa shape index (κ2) is 10.5. The number of benzene rings is 1. The lowest BCUT2D eigenvalue weighted by Gasteiger charge is -2.21. The Morgan fingerprint density at radius 1 is 1.31 bits per heavy atom. The van der Waals surface area contributed by atoms with Gasteiger partial charge in [0.2, 0.25) is 0 Å². The van der Waals surface area contributed by atoms with Crippen molar-refractivity contribution in [3.05, 3.63) is 53.9 Å². The number of aromatic amines is 1. The fourth-order valence-electron chi connectivity index (χ4n) is 3.29. The normalized spacial score (nSPS) is 20.6. The first kappa shape index (κ1) is 20.7. The van der Waals surface area contributed by atoms with Gasteiger partial charge in [0.25, 0.3) is 0 Å². The number of nitrogens with one attached hydrogen (secondary N) is 3. The van der Waals surface area contributed by atoms with Crippen LogP contribution in [0.5, 0.6) is 0 Å². The molecular formula is C19H29IN6. The van der Waals surface area contributed by atoms with Crippen LogP contribution in [-0.4, -0.2) is 46.2 Å². The van der Waals surface area contributed by atoms with Crippen LogP contribution in [0.15, 0.2) is 47.6 Å². The molecule has 2 heterocycles. The van der Waals surface area contributed by atoms with Crippen LogP contribution in [0.25, 0.3) is 0 Å². The number of H-pyrrole nitrogens is 1. The average Bonchev–Trinajstić information content (AvgIpc) is 3.24. The molecule has 0 spiro atoms. The van der Waals surface area contributed by atoms with Gasteiger partial charge in [-0.2, -0.15) is 5.10 Å². The molecule has 142 valence electrons. The molecule has 0 amide bonds. The third-order valence-corrected chi connectivity index (χ3v) is 4.58. The summed E-state index contributed by atoms with van der Waals surface area (Å²) in [4.78, 5) is 7.19. The summed E-state index contributed by atoms with van der Waals surface area (Å²) < 4.78 is 0. The van der Waals surface area contributed by atoms with E-state index in [0.29, 0.717) is 18.6 Å². The molecule has 3 N–H and O–H groups in total. The van der Waals surface area contributed by atoms with Gasteiger partial charge in [-0.15, -0.1) is 24.0 Å². The first-order valence-electron chi connectivity index (χ1n) is 9.05. The van der Waals surface area contributed by atoms with Crippen LogP contribution in [0.2, 0.25) is 0 Å². The number of rotatable bonds is 6. The number of halogens is 1. The SMILES string of the molecule is CCNC(=NCc1ccn[nH]1)NC1CC(C)N(Cc2ccccc2)C1.I. The van der Waals surface area contributed by atoms with E-state index in [2.05, 4.69) is 74.9 Å². The van der Waals surface area contributed by atoms with E-state index in [9.17, 15) is 0 Å². The smallest absolute Gasteiger partial charge is 0.191 e. The van der Waals surface area contributed by atoms with Gasteiger partial charge in [0, 0.05) is 37.9 Å². The Balaban J connectivity index is 0.00000243. The molecule has 0 aliphatic carbocycles. The number of likely N-dealkylation sites (tertiary alicyclic amines) is 1. The molecule has 1 aromatic heterocycles. The van der Waals surface area contributed by atoms with Crippen LogP contribution in [0.3, 0.4) is 0 Å². The summed E-state index contributed by atoms with van der Waals surface area (Å²) in [6, 6.07) is 13.6. The Bertz CT molecular complexity index is 658. The summed E-state index contributed by atoms with van der Waals surface area (Å²) in [5.74, 6) is 0.871. The summed E-state index contributed by atoms with van der Waals surface area (Å²) in [6.45, 7) is 7.88. The predicted molar refractivity (Wildman–Crippen MR) is 117 cm³/mol. The molecule has 2 aromatic rings. The van der Waals surface area contributed by atoms with E-state index < -0.39 is 0 Å². The highest BCUT2D eigenvalue weighted by Crippen LogP contribution is 2.20. The zero-order valence-electron chi connectivity index (χ0n) is 15.5. The van der Waals surface area contributed by atoms with Crippen molar-refractivity contribution in [2.24, 2.45) is 4.99 Å². The number of nitrogens with zero attached hydrogens (tertiary/aromatic N) is 3. The molecule has 1 aliphatic heterocycles. The van der Waals surface area contributed by atoms with Gasteiger partial charge in [0.1, 0.15) is 0 Å². The lowest BCUT2D eigenvalue weighted by molar-refractivity contribution is 0.258. The van der Waals surface area contributed by atoms with Gasteiger partial charge in [0.05, 0.1) is 12.2 Å². The number of guanidine groups is 1. The number of aromatic nitrogens is 2. The average molecular weight is 468 g/mol. The number of aliphatic imine (C=N–C) groups is 1. The maximum Gasteiger partial charge on any atom is 0.191 e. The third kappa shape index (κ3) is 5.98. The highest BCUT2D eigenvalue weighted by molar-refractivity contribution is 14.0. The number of hydrogen-bond donors (Lipinski definition) is 3. The van der Waals surface area contributed by atoms with Crippen LogP contribution in [0.4, 0.5) is 0 Å². The van der Waals surface area contributed by atoms with Crippen molar-refractivity contribution < 1.29 is 0 Å². The predicted octanol–water partition coefficient (Wildman–Crippen LogP) is 2.75. The molecule has 0 saturated carbocycles. The highest BCUT2D eigenvalue weighted by atomic mass is 127. The number of hydrogen-bond acceptors (Lipinski definition) is 3. The van der Waals surface area contributed by atoms with E-state index in [1.165, 1.54) is 5.56 Å². The summed E-state index contributed by atoms with van der Waals surface area (Å²) in [7, 11) is 0. The topological polar surface area (TPSA) is 68.3 Å². The van der Waals surface area contributed by atoms with E-state index in [0.717, 1.165) is 37.7 Å². The van der Waals surface area contributed by atoms with E-state index in [1.807, 2.05) is 6.07 Å². The summed E-state index contributed by atoms with van der Waals surface area (Å²) >= 11 is 0. The highest BCUT2D eigenvalue weighted by Gasteiger charge is 2.29. The van der Waals surface area contributed by atoms with Crippen molar-refractivity contribution >= 4 is 29.9 Å². The molecular weight excluding hydrogens is 439 g/mol. The Labute approximate surface area is 172 Å². The Kier molecular flexibility index (Phi) is 8.37. The molecule has 2 unspecified atom stereocenters. The van der Waals surface area contributed by atoms with Crippen molar-refractivity contribution in [2.45, 2.75) is 45.4 Å². The molecule has 6 nitrogen and oxygen atoms in total. The van der Waals surface area contributed by atoms with E-state index >= 15 is 0 Å². The van der Waals surface area contributed by atoms with Crippen LogP contribution < -0.4 is 10.6 Å². The Morgan fingerprint density at radius 2 is 2.12 bits per heavy atom. The first-order valence-corrected chi connectivity index (χ1v) is 9.05. The summed E-state index contributed by atoms with van der Waals surface area (Å²) in [5.41, 5.74) is 2.39. The summed E-state index contributed by atoms with van der Waals surface area (Å²) in [6.07, 6.45) is 2.88. The molecule has 1 fully saturated rings. The minimum Gasteiger partial charge on any atom is -0.357 e. The monoisotopic (exact) mass is 468 g/mol. The third-order valence-electron chi connectivity index (χ3n) is 4.58. The molecule has 7 heteroatoms. The molecule has 0 bridgehead atoms.